The van der Waals surface area contributed by atoms with Crippen molar-refractivity contribution >= 4 is 5.91 Å². The van der Waals surface area contributed by atoms with Crippen molar-refractivity contribution in [2.75, 3.05) is 19.8 Å². The molecule has 0 aromatic carbocycles. The van der Waals surface area contributed by atoms with E-state index in [1.807, 2.05) is 6.08 Å². The monoisotopic (exact) mass is 1070 g/mol. The van der Waals surface area contributed by atoms with Crippen LogP contribution in [0.25, 0.3) is 0 Å². The first-order chi connectivity index (χ1) is 37.1. The van der Waals surface area contributed by atoms with Gasteiger partial charge in [-0.3, -0.25) is 4.79 Å². The van der Waals surface area contributed by atoms with E-state index in [0.29, 0.717) is 6.42 Å². The van der Waals surface area contributed by atoms with E-state index in [-0.39, 0.29) is 18.9 Å². The standard InChI is InChI=1S/C62H105NO13/c1-3-5-7-9-11-13-15-17-19-20-21-22-23-24-25-26-27-28-29-30-32-34-36-38-40-42-44-46-54(67)63-50(51(66)45-43-41-39-37-35-33-31-18-16-14-12-10-8-6-4-2)49-73-61-59(72)57(70)60(53(48-65)75-61)76-62-58(71)56(69)55(68)52(47-64)74-62/h5,7,11,13,17,19,21-22,24-25,27-28,30,32,43,45,50-53,55-62,64-66,68-72H,3-4,6,8-10,12,14-16,18,20,23,26,29,31,33-42,44,46-49H2,1-2H3,(H,63,67)/b7-5-,13-11-,19-17-,22-21-,25-24-,28-27-,32-30-,45-43+. The summed E-state index contributed by atoms with van der Waals surface area (Å²) < 4.78 is 22.7. The fourth-order valence-electron chi connectivity index (χ4n) is 9.03. The maximum atomic E-state index is 13.2. The number of hydrogen-bond acceptors (Lipinski definition) is 13. The van der Waals surface area contributed by atoms with Gasteiger partial charge in [-0.05, 0) is 77.0 Å². The van der Waals surface area contributed by atoms with Crippen LogP contribution in [0.4, 0.5) is 0 Å². The number of allylic oxidation sites excluding steroid dienone is 15. The fraction of sp³-hybridized carbons (Fsp3) is 0.726. The molecule has 0 radical (unpaired) electrons. The molecule has 12 unspecified atom stereocenters. The predicted molar refractivity (Wildman–Crippen MR) is 304 cm³/mol. The summed E-state index contributed by atoms with van der Waals surface area (Å²) in [5.41, 5.74) is 0. The van der Waals surface area contributed by atoms with Gasteiger partial charge in [0.1, 0.15) is 48.8 Å². The van der Waals surface area contributed by atoms with Crippen molar-refractivity contribution in [3.63, 3.8) is 0 Å². The van der Waals surface area contributed by atoms with Crippen LogP contribution in [-0.2, 0) is 23.7 Å². The van der Waals surface area contributed by atoms with E-state index in [1.54, 1.807) is 6.08 Å². The van der Waals surface area contributed by atoms with Gasteiger partial charge in [0, 0.05) is 6.42 Å². The lowest BCUT2D eigenvalue weighted by atomic mass is 9.97. The van der Waals surface area contributed by atoms with Crippen LogP contribution < -0.4 is 5.32 Å². The molecule has 14 heteroatoms. The lowest BCUT2D eigenvalue weighted by Gasteiger charge is -2.46. The minimum Gasteiger partial charge on any atom is -0.394 e. The summed E-state index contributed by atoms with van der Waals surface area (Å²) in [6.45, 7) is 2.65. The van der Waals surface area contributed by atoms with Gasteiger partial charge in [0.15, 0.2) is 12.6 Å². The molecule has 2 aliphatic heterocycles. The molecule has 76 heavy (non-hydrogen) atoms. The number of carbonyl (C=O) groups excluding carboxylic acids is 1. The van der Waals surface area contributed by atoms with Gasteiger partial charge in [0.25, 0.3) is 0 Å². The average Bonchev–Trinajstić information content (AvgIpc) is 3.42. The summed E-state index contributed by atoms with van der Waals surface area (Å²) in [5.74, 6) is -0.263. The minimum atomic E-state index is -1.79. The van der Waals surface area contributed by atoms with Crippen LogP contribution in [0.2, 0.25) is 0 Å². The van der Waals surface area contributed by atoms with Crippen LogP contribution in [0.1, 0.15) is 194 Å². The normalized spacial score (nSPS) is 25.6. The SMILES string of the molecule is CC/C=C\C/C=C\C/C=C\C/C=C\C/C=C\C/C=C\C/C=C\CCCCCCCC(=O)NC(COC1OC(CO)C(OC2OC(CO)C(O)C(O)C2O)C(O)C1O)C(O)/C=C/CCCCCCCCCCCCCCC. The molecule has 436 valence electrons. The van der Waals surface area contributed by atoms with E-state index >= 15 is 0 Å². The number of aliphatic hydroxyl groups excluding tert-OH is 8. The maximum Gasteiger partial charge on any atom is 0.220 e. The zero-order chi connectivity index (χ0) is 55.3. The number of nitrogens with one attached hydrogen (secondary N) is 1. The smallest absolute Gasteiger partial charge is 0.220 e. The second-order valence-electron chi connectivity index (χ2n) is 20.4. The number of rotatable bonds is 45. The third-order valence-electron chi connectivity index (χ3n) is 13.8. The topological polar surface area (TPSA) is 228 Å². The fourth-order valence-corrected chi connectivity index (χ4v) is 9.03. The molecule has 9 N–H and O–H groups in total. The third kappa shape index (κ3) is 32.1. The van der Waals surface area contributed by atoms with Crippen molar-refractivity contribution in [3.05, 3.63) is 97.2 Å². The maximum absolute atomic E-state index is 13.2. The second-order valence-corrected chi connectivity index (χ2v) is 20.4. The van der Waals surface area contributed by atoms with Crippen LogP contribution in [0.3, 0.4) is 0 Å². The zero-order valence-electron chi connectivity index (χ0n) is 46.7. The minimum absolute atomic E-state index is 0.253. The molecule has 0 bridgehead atoms. The van der Waals surface area contributed by atoms with Gasteiger partial charge in [-0.25, -0.2) is 0 Å². The van der Waals surface area contributed by atoms with Crippen molar-refractivity contribution in [3.8, 4) is 0 Å². The van der Waals surface area contributed by atoms with Gasteiger partial charge >= 0.3 is 0 Å². The van der Waals surface area contributed by atoms with Gasteiger partial charge in [0.05, 0.1) is 32.0 Å². The van der Waals surface area contributed by atoms with Crippen LogP contribution >= 0.6 is 0 Å². The zero-order valence-corrected chi connectivity index (χ0v) is 46.7. The Morgan fingerprint density at radius 2 is 0.908 bits per heavy atom. The molecule has 2 heterocycles. The number of aliphatic hydroxyl groups is 8. The summed E-state index contributed by atoms with van der Waals surface area (Å²) in [6, 6.07) is -0.932. The van der Waals surface area contributed by atoms with Crippen molar-refractivity contribution < 1.29 is 64.6 Å². The second kappa shape index (κ2) is 46.8. The Balaban J connectivity index is 1.77. The average molecular weight is 1070 g/mol. The molecule has 0 aromatic rings. The Morgan fingerprint density at radius 3 is 1.39 bits per heavy atom. The molecule has 12 atom stereocenters. The highest BCUT2D eigenvalue weighted by Crippen LogP contribution is 2.30. The summed E-state index contributed by atoms with van der Waals surface area (Å²) in [4.78, 5) is 13.2. The molecule has 0 saturated carbocycles. The Morgan fingerprint density at radius 1 is 0.487 bits per heavy atom. The summed E-state index contributed by atoms with van der Waals surface area (Å²) in [6.07, 6.45) is 47.2. The molecule has 2 fully saturated rings. The third-order valence-corrected chi connectivity index (χ3v) is 13.8. The van der Waals surface area contributed by atoms with Crippen molar-refractivity contribution in [2.45, 2.75) is 267 Å². The Hall–Kier alpha value is -3.09. The van der Waals surface area contributed by atoms with E-state index in [0.717, 1.165) is 96.3 Å². The summed E-state index contributed by atoms with van der Waals surface area (Å²) >= 11 is 0. The van der Waals surface area contributed by atoms with E-state index < -0.39 is 86.8 Å². The first kappa shape index (κ1) is 69.0. The van der Waals surface area contributed by atoms with Gasteiger partial charge in [-0.1, -0.05) is 207 Å². The lowest BCUT2D eigenvalue weighted by Crippen LogP contribution is -2.65. The summed E-state index contributed by atoms with van der Waals surface area (Å²) in [5, 5.41) is 87.0. The molecule has 1 amide bonds. The molecule has 2 rings (SSSR count). The van der Waals surface area contributed by atoms with Crippen LogP contribution in [0.15, 0.2) is 97.2 Å². The largest absolute Gasteiger partial charge is 0.394 e. The summed E-state index contributed by atoms with van der Waals surface area (Å²) in [7, 11) is 0. The number of unbranched alkanes of at least 4 members (excludes halogenated alkanes) is 18. The van der Waals surface area contributed by atoms with Crippen LogP contribution in [-0.4, -0.2) is 140 Å². The first-order valence-electron chi connectivity index (χ1n) is 29.5. The molecule has 0 aromatic heterocycles. The van der Waals surface area contributed by atoms with Gasteiger partial charge in [-0.2, -0.15) is 0 Å². The molecular formula is C62H105NO13. The molecule has 2 saturated heterocycles. The highest BCUT2D eigenvalue weighted by Gasteiger charge is 2.51. The van der Waals surface area contributed by atoms with E-state index in [4.69, 9.17) is 18.9 Å². The van der Waals surface area contributed by atoms with E-state index in [1.165, 1.54) is 70.6 Å². The van der Waals surface area contributed by atoms with E-state index in [2.05, 4.69) is 104 Å². The Kier molecular flexibility index (Phi) is 42.5. The quantitative estimate of drug-likeness (QED) is 0.0205. The van der Waals surface area contributed by atoms with Gasteiger partial charge in [0.2, 0.25) is 5.91 Å². The highest BCUT2D eigenvalue weighted by atomic mass is 16.7. The molecule has 14 nitrogen and oxygen atoms in total. The van der Waals surface area contributed by atoms with Crippen LogP contribution in [0.5, 0.6) is 0 Å². The Labute approximate surface area is 458 Å². The number of hydrogen-bond donors (Lipinski definition) is 9. The van der Waals surface area contributed by atoms with Gasteiger partial charge in [-0.15, -0.1) is 0 Å². The molecule has 0 spiro atoms. The number of amides is 1. The molecular weight excluding hydrogens is 967 g/mol. The predicted octanol–water partition coefficient (Wildman–Crippen LogP) is 9.89. The van der Waals surface area contributed by atoms with Crippen molar-refractivity contribution in [1.82, 2.24) is 5.32 Å². The van der Waals surface area contributed by atoms with Crippen molar-refractivity contribution in [2.24, 2.45) is 0 Å². The molecule has 2 aliphatic rings. The van der Waals surface area contributed by atoms with Gasteiger partial charge < -0.3 is 65.1 Å². The Bertz CT molecular complexity index is 1640. The van der Waals surface area contributed by atoms with Crippen molar-refractivity contribution in [1.29, 1.82) is 0 Å². The lowest BCUT2D eigenvalue weighted by molar-refractivity contribution is -0.359. The first-order valence-corrected chi connectivity index (χ1v) is 29.5. The number of ether oxygens (including phenoxy) is 4. The molecule has 0 aliphatic carbocycles. The number of carbonyl (C=O) groups is 1. The highest BCUT2D eigenvalue weighted by molar-refractivity contribution is 5.76. The van der Waals surface area contributed by atoms with Crippen LogP contribution in [0, 0.1) is 0 Å². The van der Waals surface area contributed by atoms with E-state index in [9.17, 15) is 45.6 Å².